The van der Waals surface area contributed by atoms with E-state index in [1.165, 1.54) is 11.3 Å². The molecule has 0 unspecified atom stereocenters. The van der Waals surface area contributed by atoms with Gasteiger partial charge in [-0.1, -0.05) is 12.1 Å². The molecule has 0 aliphatic carbocycles. The van der Waals surface area contributed by atoms with E-state index in [0.29, 0.717) is 11.6 Å². The Morgan fingerprint density at radius 2 is 2.05 bits per heavy atom. The first-order valence-corrected chi connectivity index (χ1v) is 9.57. The number of rotatable bonds is 6. The van der Waals surface area contributed by atoms with Crippen LogP contribution >= 0.6 is 38.9 Å². The maximum Gasteiger partial charge on any atom is 0.271 e. The number of thiophene rings is 1. The number of sulfonamides is 1. The molecular weight excluding hydrogens is 382 g/mol. The minimum absolute atomic E-state index is 0.288. The molecule has 1 aromatic heterocycles. The van der Waals surface area contributed by atoms with Crippen LogP contribution in [0.2, 0.25) is 0 Å². The first kappa shape index (κ1) is 15.8. The summed E-state index contributed by atoms with van der Waals surface area (Å²) in [6.07, 6.45) is 1.71. The summed E-state index contributed by atoms with van der Waals surface area (Å²) < 4.78 is 28.1. The number of aryl methyl sites for hydroxylation is 1. The predicted molar refractivity (Wildman–Crippen MR) is 88.3 cm³/mol. The average Bonchev–Trinajstić information content (AvgIpc) is 2.84. The highest BCUT2D eigenvalue weighted by Gasteiger charge is 2.16. The normalized spacial score (nSPS) is 11.5. The Morgan fingerprint density at radius 1 is 1.25 bits per heavy atom. The van der Waals surface area contributed by atoms with Crippen LogP contribution in [-0.2, 0) is 16.4 Å². The van der Waals surface area contributed by atoms with Gasteiger partial charge in [0.2, 0.25) is 0 Å². The average molecular weight is 395 g/mol. The SMILES string of the molecule is O=S(=O)(Nc1cccc(CCCCl)c1)c1ccc(Br)s1. The summed E-state index contributed by atoms with van der Waals surface area (Å²) in [5.41, 5.74) is 1.64. The van der Waals surface area contributed by atoms with E-state index >= 15 is 0 Å². The lowest BCUT2D eigenvalue weighted by Gasteiger charge is -2.08. The maximum absolute atomic E-state index is 12.2. The van der Waals surface area contributed by atoms with E-state index in [4.69, 9.17) is 11.6 Å². The van der Waals surface area contributed by atoms with E-state index in [1.54, 1.807) is 18.2 Å². The van der Waals surface area contributed by atoms with Crippen molar-refractivity contribution in [2.24, 2.45) is 0 Å². The van der Waals surface area contributed by atoms with Gasteiger partial charge in [0.15, 0.2) is 0 Å². The van der Waals surface area contributed by atoms with Crippen LogP contribution in [0.4, 0.5) is 5.69 Å². The van der Waals surface area contributed by atoms with Gasteiger partial charge in [0.25, 0.3) is 10.0 Å². The molecule has 0 spiro atoms. The van der Waals surface area contributed by atoms with Crippen LogP contribution in [-0.4, -0.2) is 14.3 Å². The molecule has 0 amide bonds. The second kappa shape index (κ2) is 6.93. The molecule has 0 atom stereocenters. The van der Waals surface area contributed by atoms with Crippen molar-refractivity contribution >= 4 is 54.6 Å². The van der Waals surface area contributed by atoms with E-state index in [2.05, 4.69) is 20.7 Å². The highest BCUT2D eigenvalue weighted by atomic mass is 79.9. The van der Waals surface area contributed by atoms with Gasteiger partial charge in [-0.25, -0.2) is 8.42 Å². The fourth-order valence-corrected chi connectivity index (χ4v) is 4.90. The van der Waals surface area contributed by atoms with Crippen LogP contribution in [0.3, 0.4) is 0 Å². The Kier molecular flexibility index (Phi) is 5.49. The number of hydrogen-bond donors (Lipinski definition) is 1. The zero-order valence-electron chi connectivity index (χ0n) is 10.5. The number of benzene rings is 1. The monoisotopic (exact) mass is 393 g/mol. The molecule has 7 heteroatoms. The molecule has 1 N–H and O–H groups in total. The third-order valence-corrected chi connectivity index (χ3v) is 6.36. The number of anilines is 1. The van der Waals surface area contributed by atoms with Gasteiger partial charge in [0.1, 0.15) is 4.21 Å². The molecular formula is C13H13BrClNO2S2. The second-order valence-corrected chi connectivity index (χ2v) is 8.91. The molecule has 1 heterocycles. The molecule has 3 nitrogen and oxygen atoms in total. The van der Waals surface area contributed by atoms with Crippen LogP contribution in [0, 0.1) is 0 Å². The molecule has 2 aromatic rings. The van der Waals surface area contributed by atoms with Crippen molar-refractivity contribution in [1.82, 2.24) is 0 Å². The number of hydrogen-bond acceptors (Lipinski definition) is 3. The molecule has 0 aliphatic heterocycles. The summed E-state index contributed by atoms with van der Waals surface area (Å²) in [5.74, 6) is 0.596. The Labute approximate surface area is 136 Å². The van der Waals surface area contributed by atoms with Crippen molar-refractivity contribution in [2.75, 3.05) is 10.6 Å². The Morgan fingerprint density at radius 3 is 2.70 bits per heavy atom. The van der Waals surface area contributed by atoms with Gasteiger partial charge < -0.3 is 0 Å². The van der Waals surface area contributed by atoms with Crippen molar-refractivity contribution in [3.63, 3.8) is 0 Å². The van der Waals surface area contributed by atoms with Crippen molar-refractivity contribution in [3.8, 4) is 0 Å². The van der Waals surface area contributed by atoms with Crippen LogP contribution in [0.15, 0.2) is 44.4 Å². The molecule has 0 radical (unpaired) electrons. The standard InChI is InChI=1S/C13H13BrClNO2S2/c14-12-6-7-13(19-12)20(17,18)16-11-5-1-3-10(9-11)4-2-8-15/h1,3,5-7,9,16H,2,4,8H2. The van der Waals surface area contributed by atoms with E-state index in [9.17, 15) is 8.42 Å². The lowest BCUT2D eigenvalue weighted by molar-refractivity contribution is 0.603. The van der Waals surface area contributed by atoms with E-state index in [-0.39, 0.29) is 4.21 Å². The molecule has 2 rings (SSSR count). The first-order chi connectivity index (χ1) is 9.51. The van der Waals surface area contributed by atoms with Gasteiger partial charge in [-0.05, 0) is 58.6 Å². The Bertz CT molecular complexity index is 685. The summed E-state index contributed by atoms with van der Waals surface area (Å²) in [7, 11) is -3.52. The summed E-state index contributed by atoms with van der Waals surface area (Å²) >= 11 is 10.1. The van der Waals surface area contributed by atoms with Crippen molar-refractivity contribution < 1.29 is 8.42 Å². The van der Waals surface area contributed by atoms with Crippen LogP contribution in [0.5, 0.6) is 0 Å². The van der Waals surface area contributed by atoms with Gasteiger partial charge in [-0.3, -0.25) is 4.72 Å². The number of nitrogens with one attached hydrogen (secondary N) is 1. The summed E-state index contributed by atoms with van der Waals surface area (Å²) in [5, 5.41) is 0. The lowest BCUT2D eigenvalue weighted by atomic mass is 10.1. The second-order valence-electron chi connectivity index (χ2n) is 4.16. The maximum atomic E-state index is 12.2. The summed E-state index contributed by atoms with van der Waals surface area (Å²) in [6.45, 7) is 0. The van der Waals surface area contributed by atoms with Crippen molar-refractivity contribution in [1.29, 1.82) is 0 Å². The molecule has 20 heavy (non-hydrogen) atoms. The molecule has 1 aromatic carbocycles. The van der Waals surface area contributed by atoms with E-state index in [1.807, 2.05) is 18.2 Å². The van der Waals surface area contributed by atoms with E-state index < -0.39 is 10.0 Å². The van der Waals surface area contributed by atoms with Crippen molar-refractivity contribution in [3.05, 3.63) is 45.7 Å². The third kappa shape index (κ3) is 4.22. The largest absolute Gasteiger partial charge is 0.279 e. The van der Waals surface area contributed by atoms with Gasteiger partial charge in [-0.2, -0.15) is 0 Å². The minimum Gasteiger partial charge on any atom is -0.279 e. The molecule has 0 fully saturated rings. The topological polar surface area (TPSA) is 46.2 Å². The zero-order valence-corrected chi connectivity index (χ0v) is 14.4. The Hall–Kier alpha value is -0.560. The van der Waals surface area contributed by atoms with Gasteiger partial charge in [0, 0.05) is 11.6 Å². The van der Waals surface area contributed by atoms with Gasteiger partial charge >= 0.3 is 0 Å². The molecule has 108 valence electrons. The van der Waals surface area contributed by atoms with Gasteiger partial charge in [-0.15, -0.1) is 22.9 Å². The predicted octanol–water partition coefficient (Wildman–Crippen LogP) is 4.48. The molecule has 0 saturated heterocycles. The van der Waals surface area contributed by atoms with E-state index in [0.717, 1.165) is 22.2 Å². The van der Waals surface area contributed by atoms with Crippen molar-refractivity contribution in [2.45, 2.75) is 17.1 Å². The van der Waals surface area contributed by atoms with Crippen LogP contribution in [0.1, 0.15) is 12.0 Å². The number of alkyl halides is 1. The van der Waals surface area contributed by atoms with Crippen LogP contribution in [0.25, 0.3) is 0 Å². The molecule has 0 aliphatic rings. The van der Waals surface area contributed by atoms with Gasteiger partial charge in [0.05, 0.1) is 3.79 Å². The minimum atomic E-state index is -3.52. The Balaban J connectivity index is 2.17. The first-order valence-electron chi connectivity index (χ1n) is 5.94. The highest BCUT2D eigenvalue weighted by molar-refractivity contribution is 9.11. The lowest BCUT2D eigenvalue weighted by Crippen LogP contribution is -2.11. The summed E-state index contributed by atoms with van der Waals surface area (Å²) in [4.78, 5) is 0. The summed E-state index contributed by atoms with van der Waals surface area (Å²) in [6, 6.07) is 10.7. The number of halogens is 2. The molecule has 0 bridgehead atoms. The zero-order chi connectivity index (χ0) is 14.6. The fraction of sp³-hybridized carbons (Fsp3) is 0.231. The quantitative estimate of drug-likeness (QED) is 0.734. The third-order valence-electron chi connectivity index (χ3n) is 2.59. The highest BCUT2D eigenvalue weighted by Crippen LogP contribution is 2.27. The fourth-order valence-electron chi connectivity index (χ4n) is 1.71. The molecule has 0 saturated carbocycles. The van der Waals surface area contributed by atoms with Crippen LogP contribution < -0.4 is 4.72 Å². The smallest absolute Gasteiger partial charge is 0.271 e.